The molecule has 6 nitrogen and oxygen atoms in total. The first-order chi connectivity index (χ1) is 7.40. The van der Waals surface area contributed by atoms with Crippen LogP contribution in [-0.2, 0) is 19.6 Å². The summed E-state index contributed by atoms with van der Waals surface area (Å²) in [7, 11) is 0. The van der Waals surface area contributed by atoms with Crippen LogP contribution in [-0.4, -0.2) is 25.2 Å². The van der Waals surface area contributed by atoms with Gasteiger partial charge in [0.2, 0.25) is 0 Å². The lowest BCUT2D eigenvalue weighted by atomic mass is 10.4. The van der Waals surface area contributed by atoms with Gasteiger partial charge in [0.05, 0.1) is 6.54 Å². The zero-order valence-corrected chi connectivity index (χ0v) is 8.64. The fraction of sp³-hybridized carbons (Fsp3) is 0.444. The molecule has 0 spiro atoms. The van der Waals surface area contributed by atoms with Crippen molar-refractivity contribution in [3.63, 3.8) is 0 Å². The van der Waals surface area contributed by atoms with E-state index in [1.165, 1.54) is 5.69 Å². The van der Waals surface area contributed by atoms with Crippen molar-refractivity contribution in [2.75, 3.05) is 0 Å². The Morgan fingerprint density at radius 2 is 2.40 bits per heavy atom. The highest BCUT2D eigenvalue weighted by molar-refractivity contribution is 5.06. The molecule has 15 heavy (non-hydrogen) atoms. The summed E-state index contributed by atoms with van der Waals surface area (Å²) >= 11 is 0. The molecule has 2 N–H and O–H groups in total. The second-order valence-corrected chi connectivity index (χ2v) is 3.22. The molecular weight excluding hydrogens is 192 g/mol. The second kappa shape index (κ2) is 4.70. The van der Waals surface area contributed by atoms with Gasteiger partial charge in [0.15, 0.2) is 5.82 Å². The number of hydrogen-bond donors (Lipinski definition) is 2. The molecule has 6 heteroatoms. The van der Waals surface area contributed by atoms with E-state index in [1.807, 2.05) is 0 Å². The molecule has 0 amide bonds. The molecule has 2 rings (SSSR count). The third-order valence-corrected chi connectivity index (χ3v) is 2.24. The molecule has 0 fully saturated rings. The summed E-state index contributed by atoms with van der Waals surface area (Å²) in [6.45, 7) is 4.57. The van der Waals surface area contributed by atoms with E-state index in [0.717, 1.165) is 13.1 Å². The molecule has 0 bridgehead atoms. The lowest BCUT2D eigenvalue weighted by molar-refractivity contribution is 0.614. The van der Waals surface area contributed by atoms with Crippen LogP contribution in [0.15, 0.2) is 18.3 Å². The number of tetrazole rings is 1. The molecule has 0 aromatic carbocycles. The van der Waals surface area contributed by atoms with Gasteiger partial charge in [-0.05, 0) is 19.1 Å². The van der Waals surface area contributed by atoms with Crippen LogP contribution < -0.4 is 5.32 Å². The number of aryl methyl sites for hydroxylation is 1. The van der Waals surface area contributed by atoms with Crippen molar-refractivity contribution in [2.45, 2.75) is 26.6 Å². The number of hydrogen-bond acceptors (Lipinski definition) is 4. The number of aromatic nitrogens is 5. The molecule has 0 saturated heterocycles. The molecule has 0 atom stereocenters. The fourth-order valence-corrected chi connectivity index (χ4v) is 1.48. The zero-order valence-electron chi connectivity index (χ0n) is 8.64. The van der Waals surface area contributed by atoms with Crippen LogP contribution in [0.3, 0.4) is 0 Å². The number of nitrogens with one attached hydrogen (secondary N) is 2. The van der Waals surface area contributed by atoms with Gasteiger partial charge in [-0.25, -0.2) is 0 Å². The SMILES string of the molecule is CCn1cccc1CNCc1nn[nH]n1. The van der Waals surface area contributed by atoms with Crippen LogP contribution >= 0.6 is 0 Å². The van der Waals surface area contributed by atoms with Gasteiger partial charge in [0.25, 0.3) is 0 Å². The summed E-state index contributed by atoms with van der Waals surface area (Å²) < 4.78 is 2.20. The smallest absolute Gasteiger partial charge is 0.188 e. The first-order valence-corrected chi connectivity index (χ1v) is 4.97. The maximum absolute atomic E-state index is 3.86. The normalized spacial score (nSPS) is 10.7. The molecule has 0 aliphatic heterocycles. The van der Waals surface area contributed by atoms with Gasteiger partial charge >= 0.3 is 0 Å². The number of rotatable bonds is 5. The van der Waals surface area contributed by atoms with Gasteiger partial charge in [-0.15, -0.1) is 10.2 Å². The molecule has 0 saturated carbocycles. The minimum atomic E-state index is 0.630. The zero-order chi connectivity index (χ0) is 10.5. The number of nitrogens with zero attached hydrogens (tertiary/aromatic N) is 4. The Labute approximate surface area is 87.7 Å². The Balaban J connectivity index is 1.83. The highest BCUT2D eigenvalue weighted by atomic mass is 15.5. The van der Waals surface area contributed by atoms with Gasteiger partial charge < -0.3 is 9.88 Å². The summed E-state index contributed by atoms with van der Waals surface area (Å²) in [5.41, 5.74) is 1.26. The van der Waals surface area contributed by atoms with Gasteiger partial charge in [-0.3, -0.25) is 0 Å². The van der Waals surface area contributed by atoms with E-state index < -0.39 is 0 Å². The van der Waals surface area contributed by atoms with E-state index >= 15 is 0 Å². The van der Waals surface area contributed by atoms with Crippen LogP contribution in [0.25, 0.3) is 0 Å². The van der Waals surface area contributed by atoms with E-state index in [9.17, 15) is 0 Å². The average molecular weight is 206 g/mol. The molecule has 80 valence electrons. The van der Waals surface area contributed by atoms with Crippen LogP contribution in [0.2, 0.25) is 0 Å². The van der Waals surface area contributed by atoms with Crippen LogP contribution in [0, 0.1) is 0 Å². The second-order valence-electron chi connectivity index (χ2n) is 3.22. The van der Waals surface area contributed by atoms with Gasteiger partial charge in [-0.1, -0.05) is 5.21 Å². The minimum absolute atomic E-state index is 0.630. The first kappa shape index (κ1) is 9.85. The Morgan fingerprint density at radius 1 is 1.47 bits per heavy atom. The third kappa shape index (κ3) is 2.41. The third-order valence-electron chi connectivity index (χ3n) is 2.24. The largest absolute Gasteiger partial charge is 0.351 e. The van der Waals surface area contributed by atoms with Gasteiger partial charge in [0, 0.05) is 25.0 Å². The van der Waals surface area contributed by atoms with E-state index in [1.54, 1.807) is 0 Å². The summed E-state index contributed by atoms with van der Waals surface area (Å²) in [4.78, 5) is 0. The minimum Gasteiger partial charge on any atom is -0.351 e. The van der Waals surface area contributed by atoms with E-state index in [2.05, 4.69) is 55.8 Å². The summed E-state index contributed by atoms with van der Waals surface area (Å²) in [5, 5.41) is 16.9. The predicted octanol–water partition coefficient (Wildman–Crippen LogP) is 0.311. The highest BCUT2D eigenvalue weighted by Gasteiger charge is 2.00. The Hall–Kier alpha value is -1.69. The van der Waals surface area contributed by atoms with Crippen molar-refractivity contribution in [2.24, 2.45) is 0 Å². The van der Waals surface area contributed by atoms with Crippen LogP contribution in [0.4, 0.5) is 0 Å². The maximum atomic E-state index is 3.86. The van der Waals surface area contributed by atoms with Gasteiger partial charge in [0.1, 0.15) is 0 Å². The topological polar surface area (TPSA) is 71.4 Å². The molecule has 0 aliphatic rings. The molecule has 0 aliphatic carbocycles. The lowest BCUT2D eigenvalue weighted by Gasteiger charge is -2.06. The van der Waals surface area contributed by atoms with E-state index in [0.29, 0.717) is 12.4 Å². The molecule has 0 unspecified atom stereocenters. The fourth-order valence-electron chi connectivity index (χ4n) is 1.48. The Morgan fingerprint density at radius 3 is 3.13 bits per heavy atom. The summed E-state index contributed by atoms with van der Waals surface area (Å²) in [6, 6.07) is 4.15. The standard InChI is InChI=1S/C9H14N6/c1-2-15-5-3-4-8(15)6-10-7-9-11-13-14-12-9/h3-5,10H,2,6-7H2,1H3,(H,11,12,13,14). The van der Waals surface area contributed by atoms with Crippen LogP contribution in [0.5, 0.6) is 0 Å². The van der Waals surface area contributed by atoms with Crippen molar-refractivity contribution >= 4 is 0 Å². The number of H-pyrrole nitrogens is 1. The maximum Gasteiger partial charge on any atom is 0.188 e. The van der Waals surface area contributed by atoms with Crippen molar-refractivity contribution in [3.05, 3.63) is 29.8 Å². The first-order valence-electron chi connectivity index (χ1n) is 4.97. The quantitative estimate of drug-likeness (QED) is 0.738. The predicted molar refractivity (Wildman–Crippen MR) is 54.8 cm³/mol. The van der Waals surface area contributed by atoms with Crippen LogP contribution in [0.1, 0.15) is 18.4 Å². The van der Waals surface area contributed by atoms with E-state index in [4.69, 9.17) is 0 Å². The monoisotopic (exact) mass is 206 g/mol. The summed E-state index contributed by atoms with van der Waals surface area (Å²) in [5.74, 6) is 0.685. The van der Waals surface area contributed by atoms with Crippen molar-refractivity contribution in [1.29, 1.82) is 0 Å². The lowest BCUT2D eigenvalue weighted by Crippen LogP contribution is -2.16. The number of aromatic amines is 1. The van der Waals surface area contributed by atoms with Crippen molar-refractivity contribution in [1.82, 2.24) is 30.5 Å². The molecule has 2 heterocycles. The van der Waals surface area contributed by atoms with Crippen molar-refractivity contribution < 1.29 is 0 Å². The van der Waals surface area contributed by atoms with Gasteiger partial charge in [-0.2, -0.15) is 5.21 Å². The highest BCUT2D eigenvalue weighted by Crippen LogP contribution is 2.01. The molecule has 2 aromatic rings. The molecule has 2 aromatic heterocycles. The average Bonchev–Trinajstić information content (AvgIpc) is 2.88. The van der Waals surface area contributed by atoms with E-state index in [-0.39, 0.29) is 0 Å². The Bertz CT molecular complexity index is 390. The summed E-state index contributed by atoms with van der Waals surface area (Å²) in [6.07, 6.45) is 2.07. The van der Waals surface area contributed by atoms with Crippen molar-refractivity contribution in [3.8, 4) is 0 Å². The molecular formula is C9H14N6. The molecule has 0 radical (unpaired) electrons. The Kier molecular flexibility index (Phi) is 3.08.